The van der Waals surface area contributed by atoms with E-state index in [9.17, 15) is 18.7 Å². The molecule has 0 amide bonds. The molecule has 0 aliphatic carbocycles. The summed E-state index contributed by atoms with van der Waals surface area (Å²) in [5, 5.41) is 9.59. The molecule has 0 radical (unpaired) electrons. The van der Waals surface area contributed by atoms with Crippen LogP contribution in [0.5, 0.6) is 0 Å². The van der Waals surface area contributed by atoms with Crippen LogP contribution in [0.4, 0.5) is 8.78 Å². The Morgan fingerprint density at radius 1 is 1.15 bits per heavy atom. The molecule has 0 spiro atoms. The van der Waals surface area contributed by atoms with E-state index < -0.39 is 23.5 Å². The second-order valence-corrected chi connectivity index (χ2v) is 4.74. The molecule has 0 aliphatic rings. The van der Waals surface area contributed by atoms with Crippen molar-refractivity contribution in [2.75, 3.05) is 0 Å². The quantitative estimate of drug-likeness (QED) is 0.925. The standard InChI is InChI=1S/C15H11ClF2O2/c16-12-6-2-1-5-10(12)11(15(19)20)8-9-4-3-7-13(17)14(9)18/h1-7,11H,8H2,(H,19,20). The van der Waals surface area contributed by atoms with E-state index in [4.69, 9.17) is 11.6 Å². The summed E-state index contributed by atoms with van der Waals surface area (Å²) in [5.74, 6) is -4.18. The summed E-state index contributed by atoms with van der Waals surface area (Å²) in [6.45, 7) is 0. The molecule has 2 nitrogen and oxygen atoms in total. The van der Waals surface area contributed by atoms with Gasteiger partial charge in [0.15, 0.2) is 11.6 Å². The Morgan fingerprint density at radius 3 is 2.50 bits per heavy atom. The highest BCUT2D eigenvalue weighted by molar-refractivity contribution is 6.31. The molecule has 0 saturated heterocycles. The van der Waals surface area contributed by atoms with Gasteiger partial charge in [-0.1, -0.05) is 41.9 Å². The third-order valence-corrected chi connectivity index (χ3v) is 3.38. The van der Waals surface area contributed by atoms with E-state index in [-0.39, 0.29) is 17.0 Å². The van der Waals surface area contributed by atoms with E-state index in [1.165, 1.54) is 12.1 Å². The van der Waals surface area contributed by atoms with E-state index in [1.54, 1.807) is 24.3 Å². The van der Waals surface area contributed by atoms with Crippen LogP contribution in [-0.2, 0) is 11.2 Å². The lowest BCUT2D eigenvalue weighted by Gasteiger charge is -2.15. The molecule has 0 aromatic heterocycles. The molecule has 2 aromatic carbocycles. The number of hydrogen-bond acceptors (Lipinski definition) is 1. The van der Waals surface area contributed by atoms with Crippen LogP contribution in [0.2, 0.25) is 5.02 Å². The Bertz CT molecular complexity index is 644. The van der Waals surface area contributed by atoms with Crippen LogP contribution in [0.15, 0.2) is 42.5 Å². The van der Waals surface area contributed by atoms with Crippen LogP contribution in [-0.4, -0.2) is 11.1 Å². The Morgan fingerprint density at radius 2 is 1.85 bits per heavy atom. The van der Waals surface area contributed by atoms with Crippen molar-refractivity contribution < 1.29 is 18.7 Å². The first kappa shape index (κ1) is 14.5. The number of rotatable bonds is 4. The topological polar surface area (TPSA) is 37.3 Å². The second kappa shape index (κ2) is 6.01. The first-order valence-electron chi connectivity index (χ1n) is 5.91. The van der Waals surface area contributed by atoms with Crippen molar-refractivity contribution in [2.45, 2.75) is 12.3 Å². The summed E-state index contributed by atoms with van der Waals surface area (Å²) in [4.78, 5) is 11.4. The van der Waals surface area contributed by atoms with Gasteiger partial charge in [0.05, 0.1) is 5.92 Å². The fraction of sp³-hybridized carbons (Fsp3) is 0.133. The summed E-state index contributed by atoms with van der Waals surface area (Å²) < 4.78 is 26.8. The van der Waals surface area contributed by atoms with Gasteiger partial charge < -0.3 is 5.11 Å². The molecule has 0 saturated carbocycles. The molecule has 1 N–H and O–H groups in total. The number of carboxylic acid groups (broad SMARTS) is 1. The first-order valence-corrected chi connectivity index (χ1v) is 6.28. The predicted octanol–water partition coefficient (Wildman–Crippen LogP) is 4.03. The van der Waals surface area contributed by atoms with Gasteiger partial charge in [0.1, 0.15) is 0 Å². The fourth-order valence-corrected chi connectivity index (χ4v) is 2.28. The van der Waals surface area contributed by atoms with Crippen molar-refractivity contribution in [1.82, 2.24) is 0 Å². The molecule has 0 bridgehead atoms. The molecule has 104 valence electrons. The van der Waals surface area contributed by atoms with Crippen LogP contribution >= 0.6 is 11.6 Å². The molecule has 0 fully saturated rings. The van der Waals surface area contributed by atoms with Crippen LogP contribution in [0.25, 0.3) is 0 Å². The second-order valence-electron chi connectivity index (χ2n) is 4.33. The molecule has 2 rings (SSSR count). The van der Waals surface area contributed by atoms with Gasteiger partial charge in [-0.2, -0.15) is 0 Å². The number of benzene rings is 2. The molecular formula is C15H11ClF2O2. The summed E-state index contributed by atoms with van der Waals surface area (Å²) in [6, 6.07) is 10.2. The van der Waals surface area contributed by atoms with Crippen molar-refractivity contribution in [2.24, 2.45) is 0 Å². The lowest BCUT2D eigenvalue weighted by Crippen LogP contribution is -2.16. The van der Waals surface area contributed by atoms with Gasteiger partial charge in [-0.15, -0.1) is 0 Å². The third kappa shape index (κ3) is 2.96. The zero-order valence-corrected chi connectivity index (χ0v) is 11.1. The zero-order valence-electron chi connectivity index (χ0n) is 10.3. The maximum atomic E-state index is 13.6. The average molecular weight is 297 g/mol. The van der Waals surface area contributed by atoms with Gasteiger partial charge in [-0.05, 0) is 29.7 Å². The Kier molecular flexibility index (Phi) is 4.35. The van der Waals surface area contributed by atoms with Crippen LogP contribution in [0, 0.1) is 11.6 Å². The van der Waals surface area contributed by atoms with Crippen LogP contribution < -0.4 is 0 Å². The Labute approximate surface area is 119 Å². The smallest absolute Gasteiger partial charge is 0.311 e. The van der Waals surface area contributed by atoms with E-state index in [2.05, 4.69) is 0 Å². The van der Waals surface area contributed by atoms with E-state index >= 15 is 0 Å². The lowest BCUT2D eigenvalue weighted by atomic mass is 9.91. The number of carbonyl (C=O) groups is 1. The molecule has 0 aliphatic heterocycles. The van der Waals surface area contributed by atoms with E-state index in [0.717, 1.165) is 6.07 Å². The van der Waals surface area contributed by atoms with E-state index in [0.29, 0.717) is 5.56 Å². The molecule has 2 aromatic rings. The normalized spacial score (nSPS) is 12.2. The first-order chi connectivity index (χ1) is 9.50. The van der Waals surface area contributed by atoms with Crippen LogP contribution in [0.1, 0.15) is 17.0 Å². The van der Waals surface area contributed by atoms with Crippen molar-refractivity contribution in [3.05, 3.63) is 70.2 Å². The zero-order chi connectivity index (χ0) is 14.7. The minimum atomic E-state index is -1.14. The number of hydrogen-bond donors (Lipinski definition) is 1. The highest BCUT2D eigenvalue weighted by Crippen LogP contribution is 2.28. The summed E-state index contributed by atoms with van der Waals surface area (Å²) in [5.41, 5.74) is 0.391. The van der Waals surface area contributed by atoms with Gasteiger partial charge >= 0.3 is 5.97 Å². The summed E-state index contributed by atoms with van der Waals surface area (Å²) in [7, 11) is 0. The largest absolute Gasteiger partial charge is 0.481 e. The molecular weight excluding hydrogens is 286 g/mol. The fourth-order valence-electron chi connectivity index (χ4n) is 2.01. The number of halogens is 3. The highest BCUT2D eigenvalue weighted by Gasteiger charge is 2.24. The lowest BCUT2D eigenvalue weighted by molar-refractivity contribution is -0.138. The predicted molar refractivity (Wildman–Crippen MR) is 71.9 cm³/mol. The summed E-state index contributed by atoms with van der Waals surface area (Å²) in [6.07, 6.45) is -0.164. The Balaban J connectivity index is 2.39. The summed E-state index contributed by atoms with van der Waals surface area (Å²) >= 11 is 5.97. The van der Waals surface area contributed by atoms with Gasteiger partial charge in [0.25, 0.3) is 0 Å². The SMILES string of the molecule is O=C(O)C(Cc1cccc(F)c1F)c1ccccc1Cl. The van der Waals surface area contributed by atoms with Crippen molar-refractivity contribution in [3.63, 3.8) is 0 Å². The molecule has 1 atom stereocenters. The molecule has 5 heteroatoms. The molecule has 0 heterocycles. The molecule has 1 unspecified atom stereocenters. The average Bonchev–Trinajstić information content (AvgIpc) is 2.41. The van der Waals surface area contributed by atoms with Gasteiger partial charge in [-0.25, -0.2) is 8.78 Å². The highest BCUT2D eigenvalue weighted by atomic mass is 35.5. The van der Waals surface area contributed by atoms with Gasteiger partial charge in [-0.3, -0.25) is 4.79 Å². The maximum absolute atomic E-state index is 13.6. The van der Waals surface area contributed by atoms with Crippen molar-refractivity contribution in [3.8, 4) is 0 Å². The minimum Gasteiger partial charge on any atom is -0.481 e. The van der Waals surface area contributed by atoms with Crippen LogP contribution in [0.3, 0.4) is 0 Å². The van der Waals surface area contributed by atoms with E-state index in [1.807, 2.05) is 0 Å². The Hall–Kier alpha value is -1.94. The monoisotopic (exact) mass is 296 g/mol. The van der Waals surface area contributed by atoms with Gasteiger partial charge in [0, 0.05) is 5.02 Å². The maximum Gasteiger partial charge on any atom is 0.311 e. The van der Waals surface area contributed by atoms with Crippen molar-refractivity contribution >= 4 is 17.6 Å². The third-order valence-electron chi connectivity index (χ3n) is 3.03. The minimum absolute atomic E-state index is 0.0114. The number of carboxylic acids is 1. The van der Waals surface area contributed by atoms with Crippen molar-refractivity contribution in [1.29, 1.82) is 0 Å². The number of aliphatic carboxylic acids is 1. The van der Waals surface area contributed by atoms with Gasteiger partial charge in [0.2, 0.25) is 0 Å². The molecule has 20 heavy (non-hydrogen) atoms.